The second kappa shape index (κ2) is 4.89. The molecule has 0 saturated heterocycles. The Morgan fingerprint density at radius 2 is 1.78 bits per heavy atom. The van der Waals surface area contributed by atoms with E-state index in [9.17, 15) is 8.42 Å². The van der Waals surface area contributed by atoms with Crippen LogP contribution in [-0.2, 0) is 10.0 Å². The molecule has 0 amide bonds. The molecular weight excluding hydrogens is 295 g/mol. The second-order valence-electron chi connectivity index (χ2n) is 4.71. The summed E-state index contributed by atoms with van der Waals surface area (Å²) in [6.45, 7) is 2.08. The van der Waals surface area contributed by atoms with Gasteiger partial charge in [-0.2, -0.15) is 0 Å². The minimum absolute atomic E-state index is 0.0327. The monoisotopic (exact) mass is 308 g/mol. The first-order valence-corrected chi connectivity index (χ1v) is 7.80. The van der Waals surface area contributed by atoms with Crippen molar-refractivity contribution in [3.05, 3.63) is 22.2 Å². The summed E-state index contributed by atoms with van der Waals surface area (Å²) in [7, 11) is -3.69. The third kappa shape index (κ3) is 2.74. The third-order valence-electron chi connectivity index (χ3n) is 2.98. The van der Waals surface area contributed by atoms with E-state index < -0.39 is 10.0 Å². The van der Waals surface area contributed by atoms with Gasteiger partial charge in [-0.05, 0) is 30.9 Å². The Labute approximate surface area is 117 Å². The number of hydrogen-bond donors (Lipinski definition) is 2. The lowest BCUT2D eigenvalue weighted by atomic mass is 9.83. The van der Waals surface area contributed by atoms with Crippen LogP contribution in [0, 0.1) is 5.92 Å². The molecule has 4 nitrogen and oxygen atoms in total. The standard InChI is InChI=1S/C11H14Cl2N2O2S/c1-6-2-8(3-6)15-18(16,17)11-9(12)4-7(14)5-10(11)13/h4-6,8,15H,2-3,14H2,1H3. The minimum atomic E-state index is -3.69. The van der Waals surface area contributed by atoms with Gasteiger partial charge in [0, 0.05) is 11.7 Å². The van der Waals surface area contributed by atoms with Gasteiger partial charge in [0.15, 0.2) is 0 Å². The Balaban J connectivity index is 2.30. The molecule has 1 aliphatic rings. The van der Waals surface area contributed by atoms with E-state index in [0.717, 1.165) is 12.8 Å². The highest BCUT2D eigenvalue weighted by Gasteiger charge is 2.31. The lowest BCUT2D eigenvalue weighted by Gasteiger charge is -2.33. The predicted octanol–water partition coefficient (Wildman–Crippen LogP) is 2.65. The van der Waals surface area contributed by atoms with E-state index in [0.29, 0.717) is 11.6 Å². The van der Waals surface area contributed by atoms with Crippen molar-refractivity contribution in [2.45, 2.75) is 30.7 Å². The van der Waals surface area contributed by atoms with E-state index >= 15 is 0 Å². The zero-order valence-corrected chi connectivity index (χ0v) is 12.1. The smallest absolute Gasteiger partial charge is 0.243 e. The first-order chi connectivity index (χ1) is 8.29. The van der Waals surface area contributed by atoms with Gasteiger partial charge in [-0.25, -0.2) is 13.1 Å². The Kier molecular flexibility index (Phi) is 3.78. The first-order valence-electron chi connectivity index (χ1n) is 5.56. The SMILES string of the molecule is CC1CC(NS(=O)(=O)c2c(Cl)cc(N)cc2Cl)C1. The number of sulfonamides is 1. The van der Waals surface area contributed by atoms with E-state index in [-0.39, 0.29) is 21.0 Å². The van der Waals surface area contributed by atoms with Crippen LogP contribution in [0.2, 0.25) is 10.0 Å². The van der Waals surface area contributed by atoms with E-state index in [2.05, 4.69) is 11.6 Å². The van der Waals surface area contributed by atoms with Crippen LogP contribution in [0.1, 0.15) is 19.8 Å². The summed E-state index contributed by atoms with van der Waals surface area (Å²) in [4.78, 5) is -0.0976. The molecule has 0 aliphatic heterocycles. The van der Waals surface area contributed by atoms with Crippen LogP contribution in [0.5, 0.6) is 0 Å². The molecule has 1 aliphatic carbocycles. The van der Waals surface area contributed by atoms with Gasteiger partial charge in [0.25, 0.3) is 0 Å². The van der Waals surface area contributed by atoms with Crippen LogP contribution in [-0.4, -0.2) is 14.5 Å². The fourth-order valence-electron chi connectivity index (χ4n) is 2.11. The maximum Gasteiger partial charge on any atom is 0.243 e. The highest BCUT2D eigenvalue weighted by molar-refractivity contribution is 7.89. The summed E-state index contributed by atoms with van der Waals surface area (Å²) >= 11 is 11.8. The number of benzene rings is 1. The topological polar surface area (TPSA) is 72.2 Å². The van der Waals surface area contributed by atoms with Gasteiger partial charge in [0.2, 0.25) is 10.0 Å². The van der Waals surface area contributed by atoms with E-state index in [1.165, 1.54) is 12.1 Å². The van der Waals surface area contributed by atoms with Crippen molar-refractivity contribution < 1.29 is 8.42 Å². The molecule has 0 bridgehead atoms. The minimum Gasteiger partial charge on any atom is -0.399 e. The number of anilines is 1. The summed E-state index contributed by atoms with van der Waals surface area (Å²) in [5.41, 5.74) is 5.88. The average Bonchev–Trinajstić information content (AvgIpc) is 2.11. The van der Waals surface area contributed by atoms with Crippen LogP contribution in [0.3, 0.4) is 0 Å². The molecule has 18 heavy (non-hydrogen) atoms. The van der Waals surface area contributed by atoms with E-state index in [4.69, 9.17) is 28.9 Å². The Morgan fingerprint density at radius 3 is 2.22 bits per heavy atom. The van der Waals surface area contributed by atoms with Gasteiger partial charge in [0.05, 0.1) is 10.0 Å². The van der Waals surface area contributed by atoms with Gasteiger partial charge < -0.3 is 5.73 Å². The molecule has 0 aromatic heterocycles. The molecule has 1 fully saturated rings. The van der Waals surface area contributed by atoms with Crippen molar-refractivity contribution in [2.24, 2.45) is 5.92 Å². The van der Waals surface area contributed by atoms with Gasteiger partial charge >= 0.3 is 0 Å². The predicted molar refractivity (Wildman–Crippen MR) is 73.4 cm³/mol. The van der Waals surface area contributed by atoms with Gasteiger partial charge in [-0.15, -0.1) is 0 Å². The molecule has 1 aromatic rings. The molecule has 0 spiro atoms. The van der Waals surface area contributed by atoms with Gasteiger partial charge in [-0.1, -0.05) is 30.1 Å². The van der Waals surface area contributed by atoms with Gasteiger partial charge in [0.1, 0.15) is 4.90 Å². The average molecular weight is 309 g/mol. The molecule has 7 heteroatoms. The maximum atomic E-state index is 12.2. The lowest BCUT2D eigenvalue weighted by Crippen LogP contribution is -2.43. The number of nitrogens with one attached hydrogen (secondary N) is 1. The largest absolute Gasteiger partial charge is 0.399 e. The van der Waals surface area contributed by atoms with Crippen LogP contribution in [0.25, 0.3) is 0 Å². The Morgan fingerprint density at radius 1 is 1.28 bits per heavy atom. The van der Waals surface area contributed by atoms with Crippen molar-refractivity contribution in [1.82, 2.24) is 4.72 Å². The molecule has 3 N–H and O–H groups in total. The Hall–Kier alpha value is -0.490. The molecule has 2 rings (SSSR count). The Bertz CT molecular complexity index is 545. The normalized spacial score (nSPS) is 23.7. The molecule has 0 heterocycles. The van der Waals surface area contributed by atoms with Crippen LogP contribution >= 0.6 is 23.2 Å². The van der Waals surface area contributed by atoms with Crippen molar-refractivity contribution in [1.29, 1.82) is 0 Å². The zero-order chi connectivity index (χ0) is 13.5. The third-order valence-corrected chi connectivity index (χ3v) is 5.43. The van der Waals surface area contributed by atoms with Crippen LogP contribution < -0.4 is 10.5 Å². The fraction of sp³-hybridized carbons (Fsp3) is 0.455. The highest BCUT2D eigenvalue weighted by Crippen LogP contribution is 2.34. The lowest BCUT2D eigenvalue weighted by molar-refractivity contribution is 0.270. The maximum absolute atomic E-state index is 12.2. The summed E-state index contributed by atoms with van der Waals surface area (Å²) < 4.78 is 27.0. The van der Waals surface area contributed by atoms with Gasteiger partial charge in [-0.3, -0.25) is 0 Å². The molecule has 1 aromatic carbocycles. The van der Waals surface area contributed by atoms with Crippen LogP contribution in [0.15, 0.2) is 17.0 Å². The molecule has 0 atom stereocenters. The number of nitrogens with two attached hydrogens (primary N) is 1. The molecule has 1 saturated carbocycles. The number of rotatable bonds is 3. The second-order valence-corrected chi connectivity index (χ2v) is 7.17. The molecule has 0 unspecified atom stereocenters. The zero-order valence-electron chi connectivity index (χ0n) is 9.78. The first kappa shape index (κ1) is 13.9. The summed E-state index contributed by atoms with van der Waals surface area (Å²) in [5, 5.41) is 0.0831. The fourth-order valence-corrected chi connectivity index (χ4v) is 4.61. The van der Waals surface area contributed by atoms with Crippen molar-refractivity contribution in [3.63, 3.8) is 0 Å². The van der Waals surface area contributed by atoms with Crippen LogP contribution in [0.4, 0.5) is 5.69 Å². The van der Waals surface area contributed by atoms with Crippen molar-refractivity contribution in [2.75, 3.05) is 5.73 Å². The van der Waals surface area contributed by atoms with Crippen molar-refractivity contribution in [3.8, 4) is 0 Å². The molecular formula is C11H14Cl2N2O2S. The number of nitrogen functional groups attached to an aromatic ring is 1. The van der Waals surface area contributed by atoms with E-state index in [1.54, 1.807) is 0 Å². The molecule has 0 radical (unpaired) electrons. The quantitative estimate of drug-likeness (QED) is 0.843. The van der Waals surface area contributed by atoms with E-state index in [1.807, 2.05) is 0 Å². The molecule has 100 valence electrons. The summed E-state index contributed by atoms with van der Waals surface area (Å²) in [6.07, 6.45) is 1.67. The highest BCUT2D eigenvalue weighted by atomic mass is 35.5. The van der Waals surface area contributed by atoms with Crippen molar-refractivity contribution >= 4 is 38.9 Å². The number of hydrogen-bond acceptors (Lipinski definition) is 3. The summed E-state index contributed by atoms with van der Waals surface area (Å²) in [5.74, 6) is 0.551. The summed E-state index contributed by atoms with van der Waals surface area (Å²) in [6, 6.07) is 2.73. The number of halogens is 2.